The summed E-state index contributed by atoms with van der Waals surface area (Å²) in [5.74, 6) is 0. The molecule has 0 amide bonds. The van der Waals surface area contributed by atoms with Crippen LogP contribution in [0, 0.1) is 27.7 Å². The fourth-order valence-electron chi connectivity index (χ4n) is 2.39. The van der Waals surface area contributed by atoms with Crippen molar-refractivity contribution in [1.29, 1.82) is 0 Å². The molecule has 0 fully saturated rings. The second kappa shape index (κ2) is 6.32. The maximum absolute atomic E-state index is 6.17. The third-order valence-corrected chi connectivity index (χ3v) is 5.10. The Balaban J connectivity index is 2.25. The zero-order valence-corrected chi connectivity index (χ0v) is 14.8. The van der Waals surface area contributed by atoms with E-state index in [-0.39, 0.29) is 0 Å². The van der Waals surface area contributed by atoms with Gasteiger partial charge < -0.3 is 0 Å². The highest BCUT2D eigenvalue weighted by Crippen LogP contribution is 2.32. The molecule has 0 bridgehead atoms. The van der Waals surface area contributed by atoms with Gasteiger partial charge in [0.15, 0.2) is 0 Å². The average Bonchev–Trinajstić information content (AvgIpc) is 2.38. The van der Waals surface area contributed by atoms with Gasteiger partial charge in [-0.15, -0.1) is 0 Å². The molecule has 0 N–H and O–H groups in total. The van der Waals surface area contributed by atoms with Crippen molar-refractivity contribution in [3.05, 3.63) is 68.7 Å². The Bertz CT molecular complexity index is 632. The fraction of sp³-hybridized carbons (Fsp3) is 0.333. The molecule has 0 spiro atoms. The standard InChI is InChI=1S/C18H20BrCl/c1-11-5-6-15(7-12(11)2)10-17(19)16-8-14(4)18(20)9-13(16)3/h5-9,17H,10H2,1-4H3. The van der Waals surface area contributed by atoms with Gasteiger partial charge >= 0.3 is 0 Å². The Hall–Kier alpha value is -0.790. The Labute approximate surface area is 135 Å². The maximum Gasteiger partial charge on any atom is 0.0438 e. The maximum atomic E-state index is 6.17. The predicted octanol–water partition coefficient (Wildman–Crippen LogP) is 6.25. The van der Waals surface area contributed by atoms with Gasteiger partial charge in [0.05, 0.1) is 0 Å². The molecule has 0 aliphatic rings. The van der Waals surface area contributed by atoms with Gasteiger partial charge in [-0.3, -0.25) is 0 Å². The molecule has 2 rings (SSSR count). The van der Waals surface area contributed by atoms with Crippen LogP contribution in [-0.4, -0.2) is 0 Å². The van der Waals surface area contributed by atoms with Crippen LogP contribution in [0.2, 0.25) is 5.02 Å². The molecule has 2 aromatic rings. The van der Waals surface area contributed by atoms with E-state index in [9.17, 15) is 0 Å². The number of halogens is 2. The highest BCUT2D eigenvalue weighted by molar-refractivity contribution is 9.09. The highest BCUT2D eigenvalue weighted by Gasteiger charge is 2.13. The summed E-state index contributed by atoms with van der Waals surface area (Å²) < 4.78 is 0. The Morgan fingerprint density at radius 1 is 0.900 bits per heavy atom. The summed E-state index contributed by atoms with van der Waals surface area (Å²) in [5, 5.41) is 0.845. The van der Waals surface area contributed by atoms with Gasteiger partial charge in [0.2, 0.25) is 0 Å². The molecule has 0 saturated carbocycles. The van der Waals surface area contributed by atoms with Crippen LogP contribution >= 0.6 is 27.5 Å². The SMILES string of the molecule is Cc1ccc(CC(Br)c2cc(C)c(Cl)cc2C)cc1C. The predicted molar refractivity (Wildman–Crippen MR) is 92.2 cm³/mol. The Morgan fingerprint density at radius 3 is 2.25 bits per heavy atom. The molecule has 2 heteroatoms. The first-order valence-electron chi connectivity index (χ1n) is 6.85. The van der Waals surface area contributed by atoms with E-state index in [1.165, 1.54) is 27.8 Å². The number of benzene rings is 2. The summed E-state index contributed by atoms with van der Waals surface area (Å²) in [6.07, 6.45) is 0.989. The smallest absolute Gasteiger partial charge is 0.0438 e. The van der Waals surface area contributed by atoms with E-state index < -0.39 is 0 Å². The number of aryl methyl sites for hydroxylation is 4. The van der Waals surface area contributed by atoms with Gasteiger partial charge in [0.1, 0.15) is 0 Å². The molecule has 0 saturated heterocycles. The van der Waals surface area contributed by atoms with Gasteiger partial charge in [-0.2, -0.15) is 0 Å². The van der Waals surface area contributed by atoms with E-state index in [0.29, 0.717) is 4.83 Å². The van der Waals surface area contributed by atoms with E-state index in [1.807, 2.05) is 0 Å². The topological polar surface area (TPSA) is 0 Å². The summed E-state index contributed by atoms with van der Waals surface area (Å²) in [4.78, 5) is 0.320. The van der Waals surface area contributed by atoms with Crippen LogP contribution in [0.4, 0.5) is 0 Å². The summed E-state index contributed by atoms with van der Waals surface area (Å²) in [6.45, 7) is 8.49. The zero-order valence-electron chi connectivity index (χ0n) is 12.4. The molecule has 106 valence electrons. The van der Waals surface area contributed by atoms with E-state index >= 15 is 0 Å². The summed E-state index contributed by atoms with van der Waals surface area (Å²) in [7, 11) is 0. The molecule has 20 heavy (non-hydrogen) atoms. The summed E-state index contributed by atoms with van der Waals surface area (Å²) in [5.41, 5.74) is 7.76. The molecule has 0 radical (unpaired) electrons. The van der Waals surface area contributed by atoms with Crippen LogP contribution < -0.4 is 0 Å². The first kappa shape index (κ1) is 15.6. The minimum absolute atomic E-state index is 0.320. The minimum Gasteiger partial charge on any atom is -0.0840 e. The second-order valence-corrected chi connectivity index (χ2v) is 7.06. The Morgan fingerprint density at radius 2 is 1.60 bits per heavy atom. The second-order valence-electron chi connectivity index (χ2n) is 5.55. The van der Waals surface area contributed by atoms with Crippen LogP contribution in [0.3, 0.4) is 0 Å². The Kier molecular flexibility index (Phi) is 4.93. The van der Waals surface area contributed by atoms with Crippen LogP contribution in [0.25, 0.3) is 0 Å². The molecule has 1 unspecified atom stereocenters. The minimum atomic E-state index is 0.320. The number of alkyl halides is 1. The van der Waals surface area contributed by atoms with E-state index in [0.717, 1.165) is 17.0 Å². The first-order chi connectivity index (χ1) is 9.38. The van der Waals surface area contributed by atoms with Crippen molar-refractivity contribution in [1.82, 2.24) is 0 Å². The summed E-state index contributed by atoms with van der Waals surface area (Å²) >= 11 is 10.0. The van der Waals surface area contributed by atoms with Crippen LogP contribution in [-0.2, 0) is 6.42 Å². The first-order valence-corrected chi connectivity index (χ1v) is 8.14. The number of hydrogen-bond donors (Lipinski definition) is 0. The molecule has 0 aromatic heterocycles. The van der Waals surface area contributed by atoms with Gasteiger partial charge in [-0.25, -0.2) is 0 Å². The van der Waals surface area contributed by atoms with Gasteiger partial charge in [-0.1, -0.05) is 51.8 Å². The van der Waals surface area contributed by atoms with Crippen molar-refractivity contribution in [2.24, 2.45) is 0 Å². The lowest BCUT2D eigenvalue weighted by Gasteiger charge is -2.16. The molecule has 0 aliphatic carbocycles. The number of rotatable bonds is 3. The summed E-state index contributed by atoms with van der Waals surface area (Å²) in [6, 6.07) is 10.9. The van der Waals surface area contributed by atoms with Crippen LogP contribution in [0.15, 0.2) is 30.3 Å². The lowest BCUT2D eigenvalue weighted by Crippen LogP contribution is -2.00. The highest BCUT2D eigenvalue weighted by atomic mass is 79.9. The van der Waals surface area contributed by atoms with Crippen molar-refractivity contribution >= 4 is 27.5 Å². The molecular formula is C18H20BrCl. The lowest BCUT2D eigenvalue weighted by molar-refractivity contribution is 0.933. The van der Waals surface area contributed by atoms with Crippen molar-refractivity contribution in [3.8, 4) is 0 Å². The lowest BCUT2D eigenvalue weighted by atomic mass is 9.97. The van der Waals surface area contributed by atoms with Gasteiger partial charge in [0, 0.05) is 9.85 Å². The van der Waals surface area contributed by atoms with Gasteiger partial charge in [0.25, 0.3) is 0 Å². The van der Waals surface area contributed by atoms with E-state index in [1.54, 1.807) is 0 Å². The third-order valence-electron chi connectivity index (χ3n) is 3.87. The molecule has 0 aliphatic heterocycles. The molecule has 2 aromatic carbocycles. The zero-order chi connectivity index (χ0) is 14.9. The van der Waals surface area contributed by atoms with E-state index in [2.05, 4.69) is 74.0 Å². The molecule has 0 nitrogen and oxygen atoms in total. The normalized spacial score (nSPS) is 12.5. The molecule has 0 heterocycles. The molecular weight excluding hydrogens is 332 g/mol. The monoisotopic (exact) mass is 350 g/mol. The van der Waals surface area contributed by atoms with Crippen LogP contribution in [0.5, 0.6) is 0 Å². The van der Waals surface area contributed by atoms with Crippen LogP contribution in [0.1, 0.15) is 38.2 Å². The third kappa shape index (κ3) is 3.45. The molecule has 1 atom stereocenters. The van der Waals surface area contributed by atoms with Crippen molar-refractivity contribution in [2.75, 3.05) is 0 Å². The van der Waals surface area contributed by atoms with Gasteiger partial charge in [-0.05, 0) is 73.6 Å². The fourth-order valence-corrected chi connectivity index (χ4v) is 3.47. The number of hydrogen-bond acceptors (Lipinski definition) is 0. The average molecular weight is 352 g/mol. The largest absolute Gasteiger partial charge is 0.0840 e. The van der Waals surface area contributed by atoms with Crippen molar-refractivity contribution in [3.63, 3.8) is 0 Å². The van der Waals surface area contributed by atoms with E-state index in [4.69, 9.17) is 11.6 Å². The van der Waals surface area contributed by atoms with Crippen molar-refractivity contribution < 1.29 is 0 Å². The van der Waals surface area contributed by atoms with Crippen molar-refractivity contribution in [2.45, 2.75) is 38.9 Å². The quantitative estimate of drug-likeness (QED) is 0.573.